The van der Waals surface area contributed by atoms with Crippen LogP contribution in [-0.4, -0.2) is 33.9 Å². The molecule has 2 rings (SSSR count). The summed E-state index contributed by atoms with van der Waals surface area (Å²) in [5.74, 6) is 1.25. The van der Waals surface area contributed by atoms with Gasteiger partial charge in [-0.15, -0.1) is 0 Å². The van der Waals surface area contributed by atoms with Gasteiger partial charge in [-0.25, -0.2) is 0 Å². The predicted molar refractivity (Wildman–Crippen MR) is 83.7 cm³/mol. The fraction of sp³-hybridized carbons (Fsp3) is 0.800. The molecular formula is C15H27N3S. The van der Waals surface area contributed by atoms with Crippen molar-refractivity contribution in [1.29, 1.82) is 0 Å². The highest BCUT2D eigenvalue weighted by Crippen LogP contribution is 2.28. The summed E-state index contributed by atoms with van der Waals surface area (Å²) in [6.45, 7) is 0. The number of nitrogens with one attached hydrogen (secondary N) is 1. The average Bonchev–Trinajstić information content (AvgIpc) is 2.86. The van der Waals surface area contributed by atoms with Crippen molar-refractivity contribution in [2.45, 2.75) is 56.2 Å². The van der Waals surface area contributed by atoms with E-state index >= 15 is 0 Å². The zero-order valence-corrected chi connectivity index (χ0v) is 13.1. The molecule has 0 aromatic carbocycles. The minimum Gasteiger partial charge on any atom is -0.316 e. The molecule has 0 aliphatic heterocycles. The monoisotopic (exact) mass is 281 g/mol. The molecule has 4 heteroatoms. The Balaban J connectivity index is 1.67. The first-order chi connectivity index (χ1) is 9.28. The number of aryl methyl sites for hydroxylation is 2. The Morgan fingerprint density at radius 1 is 1.42 bits per heavy atom. The molecule has 108 valence electrons. The van der Waals surface area contributed by atoms with Crippen LogP contribution in [0.1, 0.15) is 44.1 Å². The maximum absolute atomic E-state index is 4.23. The van der Waals surface area contributed by atoms with Gasteiger partial charge in [0.25, 0.3) is 0 Å². The lowest BCUT2D eigenvalue weighted by Gasteiger charge is -2.23. The summed E-state index contributed by atoms with van der Waals surface area (Å²) in [6.07, 6.45) is 13.7. The largest absolute Gasteiger partial charge is 0.316 e. The minimum absolute atomic E-state index is 0.632. The lowest BCUT2D eigenvalue weighted by atomic mass is 10.0. The molecule has 1 aliphatic carbocycles. The fourth-order valence-electron chi connectivity index (χ4n) is 2.74. The SMILES string of the molecule is CNC(CCc1cnn(C)c1)CSC1CCCCC1. The molecule has 1 aromatic heterocycles. The van der Waals surface area contributed by atoms with Crippen LogP contribution in [0.15, 0.2) is 12.4 Å². The van der Waals surface area contributed by atoms with E-state index in [0.29, 0.717) is 6.04 Å². The van der Waals surface area contributed by atoms with Crippen molar-refractivity contribution in [3.05, 3.63) is 18.0 Å². The minimum atomic E-state index is 0.632. The van der Waals surface area contributed by atoms with Gasteiger partial charge in [0.15, 0.2) is 0 Å². The third-order valence-electron chi connectivity index (χ3n) is 4.03. The molecule has 0 bridgehead atoms. The van der Waals surface area contributed by atoms with E-state index < -0.39 is 0 Å². The van der Waals surface area contributed by atoms with E-state index in [1.807, 2.05) is 17.9 Å². The van der Waals surface area contributed by atoms with Crippen LogP contribution in [0.25, 0.3) is 0 Å². The van der Waals surface area contributed by atoms with Gasteiger partial charge in [0.2, 0.25) is 0 Å². The smallest absolute Gasteiger partial charge is 0.0521 e. The van der Waals surface area contributed by atoms with Crippen LogP contribution in [0.3, 0.4) is 0 Å². The van der Waals surface area contributed by atoms with Gasteiger partial charge in [-0.2, -0.15) is 16.9 Å². The fourth-order valence-corrected chi connectivity index (χ4v) is 4.24. The first kappa shape index (κ1) is 14.9. The molecule has 0 spiro atoms. The highest BCUT2D eigenvalue weighted by Gasteiger charge is 2.16. The average molecular weight is 281 g/mol. The number of nitrogens with zero attached hydrogens (tertiary/aromatic N) is 2. The van der Waals surface area contributed by atoms with Crippen molar-refractivity contribution in [1.82, 2.24) is 15.1 Å². The van der Waals surface area contributed by atoms with Crippen molar-refractivity contribution >= 4 is 11.8 Å². The zero-order chi connectivity index (χ0) is 13.5. The number of thioether (sulfide) groups is 1. The zero-order valence-electron chi connectivity index (χ0n) is 12.3. The van der Waals surface area contributed by atoms with Gasteiger partial charge < -0.3 is 5.32 Å². The van der Waals surface area contributed by atoms with Gasteiger partial charge in [0.1, 0.15) is 0 Å². The Morgan fingerprint density at radius 2 is 2.21 bits per heavy atom. The second-order valence-electron chi connectivity index (χ2n) is 5.64. The van der Waals surface area contributed by atoms with Crippen LogP contribution in [0.2, 0.25) is 0 Å². The Labute approximate surface area is 121 Å². The van der Waals surface area contributed by atoms with Crippen molar-refractivity contribution in [2.75, 3.05) is 12.8 Å². The normalized spacial score (nSPS) is 18.6. The van der Waals surface area contributed by atoms with Crippen molar-refractivity contribution < 1.29 is 0 Å². The van der Waals surface area contributed by atoms with Crippen LogP contribution in [0, 0.1) is 0 Å². The molecule has 0 amide bonds. The summed E-state index contributed by atoms with van der Waals surface area (Å²) in [5, 5.41) is 8.62. The summed E-state index contributed by atoms with van der Waals surface area (Å²) < 4.78 is 1.89. The Morgan fingerprint density at radius 3 is 2.84 bits per heavy atom. The number of hydrogen-bond acceptors (Lipinski definition) is 3. The first-order valence-corrected chi connectivity index (χ1v) is 8.59. The molecule has 1 aliphatic rings. The number of hydrogen-bond donors (Lipinski definition) is 1. The molecule has 1 fully saturated rings. The van der Waals surface area contributed by atoms with Crippen molar-refractivity contribution in [3.8, 4) is 0 Å². The maximum Gasteiger partial charge on any atom is 0.0521 e. The highest BCUT2D eigenvalue weighted by atomic mass is 32.2. The number of aromatic nitrogens is 2. The van der Waals surface area contributed by atoms with E-state index in [4.69, 9.17) is 0 Å². The van der Waals surface area contributed by atoms with Crippen molar-refractivity contribution in [3.63, 3.8) is 0 Å². The molecule has 1 unspecified atom stereocenters. The van der Waals surface area contributed by atoms with E-state index in [1.165, 1.54) is 49.8 Å². The first-order valence-electron chi connectivity index (χ1n) is 7.54. The van der Waals surface area contributed by atoms with E-state index in [-0.39, 0.29) is 0 Å². The molecule has 1 N–H and O–H groups in total. The lowest BCUT2D eigenvalue weighted by molar-refractivity contribution is 0.513. The Hall–Kier alpha value is -0.480. The van der Waals surface area contributed by atoms with Crippen LogP contribution in [0.5, 0.6) is 0 Å². The molecule has 0 saturated heterocycles. The van der Waals surface area contributed by atoms with Gasteiger partial charge in [0.05, 0.1) is 6.20 Å². The van der Waals surface area contributed by atoms with Gasteiger partial charge >= 0.3 is 0 Å². The van der Waals surface area contributed by atoms with Crippen LogP contribution in [0.4, 0.5) is 0 Å². The van der Waals surface area contributed by atoms with Gasteiger partial charge in [0, 0.05) is 30.3 Å². The third kappa shape index (κ3) is 5.19. The van der Waals surface area contributed by atoms with Gasteiger partial charge in [-0.05, 0) is 38.3 Å². The molecule has 1 heterocycles. The van der Waals surface area contributed by atoms with Crippen LogP contribution in [-0.2, 0) is 13.5 Å². The maximum atomic E-state index is 4.23. The third-order valence-corrected chi connectivity index (χ3v) is 5.57. The van der Waals surface area contributed by atoms with E-state index in [0.717, 1.165) is 11.7 Å². The van der Waals surface area contributed by atoms with Gasteiger partial charge in [-0.3, -0.25) is 4.68 Å². The molecule has 1 saturated carbocycles. The van der Waals surface area contributed by atoms with Crippen LogP contribution >= 0.6 is 11.8 Å². The second-order valence-corrected chi connectivity index (χ2v) is 6.97. The molecule has 3 nitrogen and oxygen atoms in total. The number of rotatable bonds is 7. The molecule has 1 atom stereocenters. The van der Waals surface area contributed by atoms with Crippen LogP contribution < -0.4 is 5.32 Å². The summed E-state index contributed by atoms with van der Waals surface area (Å²) in [5.41, 5.74) is 1.35. The Bertz CT molecular complexity index is 358. The summed E-state index contributed by atoms with van der Waals surface area (Å²) >= 11 is 2.19. The lowest BCUT2D eigenvalue weighted by Crippen LogP contribution is -2.29. The summed E-state index contributed by atoms with van der Waals surface area (Å²) in [4.78, 5) is 0. The van der Waals surface area contributed by atoms with E-state index in [2.05, 4.69) is 35.4 Å². The molecular weight excluding hydrogens is 254 g/mol. The second kappa shape index (κ2) is 7.95. The van der Waals surface area contributed by atoms with E-state index in [1.54, 1.807) is 0 Å². The van der Waals surface area contributed by atoms with Gasteiger partial charge in [-0.1, -0.05) is 19.3 Å². The Kier molecular flexibility index (Phi) is 6.24. The highest BCUT2D eigenvalue weighted by molar-refractivity contribution is 7.99. The predicted octanol–water partition coefficient (Wildman–Crippen LogP) is 3.01. The molecule has 1 aromatic rings. The topological polar surface area (TPSA) is 29.9 Å². The molecule has 0 radical (unpaired) electrons. The van der Waals surface area contributed by atoms with Crippen molar-refractivity contribution in [2.24, 2.45) is 7.05 Å². The summed E-state index contributed by atoms with van der Waals surface area (Å²) in [7, 11) is 4.08. The van der Waals surface area contributed by atoms with E-state index in [9.17, 15) is 0 Å². The quantitative estimate of drug-likeness (QED) is 0.833. The summed E-state index contributed by atoms with van der Waals surface area (Å²) in [6, 6.07) is 0.632. The molecule has 19 heavy (non-hydrogen) atoms. The standard InChI is InChI=1S/C15H27N3S/c1-16-14(9-8-13-10-17-18(2)11-13)12-19-15-6-4-3-5-7-15/h10-11,14-16H,3-9,12H2,1-2H3.